The fourth-order valence-electron chi connectivity index (χ4n) is 7.10. The van der Waals surface area contributed by atoms with Gasteiger partial charge in [0.25, 0.3) is 0 Å². The van der Waals surface area contributed by atoms with E-state index >= 15 is 0 Å². The van der Waals surface area contributed by atoms with E-state index in [1.165, 1.54) is 5.56 Å². The first-order chi connectivity index (χ1) is 16.7. The predicted molar refractivity (Wildman–Crippen MR) is 151 cm³/mol. The Balaban J connectivity index is 1.69. The molecule has 2 aromatic heterocycles. The summed E-state index contributed by atoms with van der Waals surface area (Å²) >= 11 is 6.76. The number of aliphatic hydroxyl groups excluding tert-OH is 1. The van der Waals surface area contributed by atoms with Crippen LogP contribution in [0.3, 0.4) is 0 Å². The second-order valence-electron chi connectivity index (χ2n) is 11.4. The quantitative estimate of drug-likeness (QED) is 0.315. The van der Waals surface area contributed by atoms with Crippen molar-refractivity contribution in [3.8, 4) is 0 Å². The van der Waals surface area contributed by atoms with Crippen molar-refractivity contribution in [3.63, 3.8) is 0 Å². The number of aromatic nitrogens is 2. The number of fused-ring (bicyclic) bond motifs is 1. The molecule has 4 nitrogen and oxygen atoms in total. The zero-order valence-electron chi connectivity index (χ0n) is 22.2. The molecule has 190 valence electrons. The highest BCUT2D eigenvalue weighted by Crippen LogP contribution is 2.45. The number of hydrogen-bond acceptors (Lipinski definition) is 3. The Morgan fingerprint density at radius 2 is 1.69 bits per heavy atom. The number of pyridine rings is 1. The van der Waals surface area contributed by atoms with Gasteiger partial charge >= 0.3 is 0 Å². The lowest BCUT2D eigenvalue weighted by Gasteiger charge is -2.44. The Morgan fingerprint density at radius 3 is 2.31 bits per heavy atom. The predicted octanol–water partition coefficient (Wildman–Crippen LogP) is 7.66. The maximum Gasteiger partial charge on any atom is 0.171 e. The average molecular weight is 512 g/mol. The maximum atomic E-state index is 11.7. The summed E-state index contributed by atoms with van der Waals surface area (Å²) in [5.74, 6) is 0.154. The van der Waals surface area contributed by atoms with Crippen molar-refractivity contribution in [3.05, 3.63) is 64.9 Å². The van der Waals surface area contributed by atoms with Gasteiger partial charge in [-0.15, -0.1) is 0 Å². The van der Waals surface area contributed by atoms with Gasteiger partial charge in [0.05, 0.1) is 11.1 Å². The van der Waals surface area contributed by atoms with Crippen LogP contribution in [0.1, 0.15) is 71.6 Å². The molecule has 4 rings (SSSR count). The van der Waals surface area contributed by atoms with Crippen LogP contribution in [0, 0.1) is 5.92 Å². The molecule has 0 unspecified atom stereocenters. The van der Waals surface area contributed by atoms with E-state index in [-0.39, 0.29) is 5.92 Å². The molecule has 1 aliphatic rings. The van der Waals surface area contributed by atoms with Gasteiger partial charge in [0.1, 0.15) is 5.65 Å². The van der Waals surface area contributed by atoms with Crippen molar-refractivity contribution in [1.29, 1.82) is 0 Å². The van der Waals surface area contributed by atoms with Gasteiger partial charge in [0, 0.05) is 36.2 Å². The Labute approximate surface area is 217 Å². The van der Waals surface area contributed by atoms with E-state index < -0.39 is 14.3 Å². The second kappa shape index (κ2) is 10.8. The third kappa shape index (κ3) is 4.85. The molecule has 3 heterocycles. The average Bonchev–Trinajstić information content (AvgIpc) is 3.23. The molecule has 1 aromatic carbocycles. The van der Waals surface area contributed by atoms with Crippen LogP contribution in [-0.2, 0) is 6.54 Å². The van der Waals surface area contributed by atoms with Crippen LogP contribution in [0.15, 0.2) is 48.8 Å². The summed E-state index contributed by atoms with van der Waals surface area (Å²) in [6, 6.07) is 12.8. The van der Waals surface area contributed by atoms with Crippen molar-refractivity contribution in [1.82, 2.24) is 14.1 Å². The molecule has 1 aliphatic heterocycles. The van der Waals surface area contributed by atoms with E-state index in [1.807, 2.05) is 0 Å². The van der Waals surface area contributed by atoms with E-state index in [9.17, 15) is 5.11 Å². The van der Waals surface area contributed by atoms with Crippen molar-refractivity contribution < 1.29 is 5.11 Å². The molecule has 0 spiro atoms. The lowest BCUT2D eigenvalue weighted by atomic mass is 9.87. The molecule has 1 saturated heterocycles. The first-order valence-electron chi connectivity index (χ1n) is 13.3. The van der Waals surface area contributed by atoms with Crippen molar-refractivity contribution in [2.45, 2.75) is 83.7 Å². The molecule has 1 N–H and O–H groups in total. The highest BCUT2D eigenvalue weighted by molar-refractivity contribution is 6.82. The highest BCUT2D eigenvalue weighted by Gasteiger charge is 2.46. The molecule has 0 saturated carbocycles. The van der Waals surface area contributed by atoms with Crippen LogP contribution in [-0.4, -0.2) is 40.5 Å². The third-order valence-electron chi connectivity index (χ3n) is 8.43. The Hall–Kier alpha value is -1.66. The Kier molecular flexibility index (Phi) is 8.11. The molecule has 35 heavy (non-hydrogen) atoms. The number of hydrogen-bond donors (Lipinski definition) is 1. The third-order valence-corrected chi connectivity index (χ3v) is 15.5. The lowest BCUT2D eigenvalue weighted by Crippen LogP contribution is -2.51. The number of piperidine rings is 1. The fourth-order valence-corrected chi connectivity index (χ4v) is 13.9. The maximum absolute atomic E-state index is 11.7. The first-order valence-corrected chi connectivity index (χ1v) is 15.8. The molecule has 0 aliphatic carbocycles. The first kappa shape index (κ1) is 26.4. The van der Waals surface area contributed by atoms with Gasteiger partial charge in [-0.2, -0.15) is 0 Å². The normalized spacial score (nSPS) is 18.8. The largest absolute Gasteiger partial charge is 0.388 e. The van der Waals surface area contributed by atoms with Crippen LogP contribution in [0.2, 0.25) is 21.6 Å². The smallest absolute Gasteiger partial charge is 0.171 e. The summed E-state index contributed by atoms with van der Waals surface area (Å²) in [7, 11) is -1.96. The van der Waals surface area contributed by atoms with Gasteiger partial charge in [-0.3, -0.25) is 4.90 Å². The minimum atomic E-state index is -1.96. The van der Waals surface area contributed by atoms with Crippen LogP contribution >= 0.6 is 11.6 Å². The molecule has 6 heteroatoms. The van der Waals surface area contributed by atoms with E-state index in [4.69, 9.17) is 16.6 Å². The summed E-state index contributed by atoms with van der Waals surface area (Å²) in [4.78, 5) is 7.33. The fraction of sp³-hybridized carbons (Fsp3) is 0.552. The van der Waals surface area contributed by atoms with Gasteiger partial charge in [0.2, 0.25) is 0 Å². The van der Waals surface area contributed by atoms with Gasteiger partial charge in [-0.05, 0) is 53.8 Å². The molecule has 0 radical (unpaired) electrons. The van der Waals surface area contributed by atoms with E-state index in [2.05, 4.69) is 93.3 Å². The van der Waals surface area contributed by atoms with E-state index in [0.29, 0.717) is 21.6 Å². The minimum absolute atomic E-state index is 0.154. The molecule has 2 atom stereocenters. The second-order valence-corrected chi connectivity index (χ2v) is 17.5. The minimum Gasteiger partial charge on any atom is -0.388 e. The lowest BCUT2D eigenvalue weighted by molar-refractivity contribution is 0.0485. The highest BCUT2D eigenvalue weighted by atomic mass is 35.5. The SMILES string of the molecule is CC(C)[Si](C(C)C)(C(C)C)n1ccc2c([C@H](O)[C@H]3CCCN(Cc4ccccc4)C3)c(Cl)cnc21. The summed E-state index contributed by atoms with van der Waals surface area (Å²) in [5.41, 5.74) is 4.86. The number of aliphatic hydroxyl groups is 1. The zero-order valence-corrected chi connectivity index (χ0v) is 24.0. The molecule has 0 bridgehead atoms. The van der Waals surface area contributed by atoms with Crippen LogP contribution in [0.4, 0.5) is 0 Å². The molecule has 0 amide bonds. The summed E-state index contributed by atoms with van der Waals surface area (Å²) in [6.45, 7) is 17.1. The monoisotopic (exact) mass is 511 g/mol. The van der Waals surface area contributed by atoms with Crippen molar-refractivity contribution in [2.24, 2.45) is 5.92 Å². The number of likely N-dealkylation sites (tertiary alicyclic amines) is 1. The van der Waals surface area contributed by atoms with Crippen LogP contribution in [0.5, 0.6) is 0 Å². The van der Waals surface area contributed by atoms with Gasteiger partial charge in [-0.25, -0.2) is 4.98 Å². The number of benzene rings is 1. The molecule has 3 aromatic rings. The summed E-state index contributed by atoms with van der Waals surface area (Å²) in [5, 5.41) is 13.3. The molecule has 1 fully saturated rings. The van der Waals surface area contributed by atoms with Gasteiger partial charge in [0.15, 0.2) is 8.24 Å². The number of rotatable bonds is 8. The number of halogens is 1. The zero-order chi connectivity index (χ0) is 25.3. The van der Waals surface area contributed by atoms with Crippen molar-refractivity contribution >= 4 is 30.9 Å². The summed E-state index contributed by atoms with van der Waals surface area (Å²) in [6.07, 6.45) is 5.50. The standard InChI is InChI=1S/C29H42ClN3OSi/c1-20(2)35(21(3)4,22(5)6)33-16-14-25-27(26(30)17-31-29(25)33)28(34)24-13-10-15-32(19-24)18-23-11-8-7-9-12-23/h7-9,11-12,14,16-17,20-22,24,28,34H,10,13,15,18-19H2,1-6H3/t24-,28+/m0/s1. The Bertz CT molecular complexity index is 1110. The van der Waals surface area contributed by atoms with Crippen molar-refractivity contribution in [2.75, 3.05) is 13.1 Å². The van der Waals surface area contributed by atoms with Gasteiger partial charge in [-0.1, -0.05) is 83.5 Å². The molecular formula is C29H42ClN3OSi. The topological polar surface area (TPSA) is 41.3 Å². The van der Waals surface area contributed by atoms with E-state index in [1.54, 1.807) is 6.20 Å². The Morgan fingerprint density at radius 1 is 1.03 bits per heavy atom. The van der Waals surface area contributed by atoms with E-state index in [0.717, 1.165) is 49.1 Å². The van der Waals surface area contributed by atoms with Crippen LogP contribution in [0.25, 0.3) is 11.0 Å². The summed E-state index contributed by atoms with van der Waals surface area (Å²) < 4.78 is 2.51. The number of nitrogens with zero attached hydrogens (tertiary/aromatic N) is 3. The van der Waals surface area contributed by atoms with Crippen LogP contribution < -0.4 is 0 Å². The van der Waals surface area contributed by atoms with Gasteiger partial charge < -0.3 is 9.34 Å². The molecular weight excluding hydrogens is 470 g/mol.